The lowest BCUT2D eigenvalue weighted by Crippen LogP contribution is -2.21. The largest absolute Gasteiger partial charge is 0.497 e. The molecule has 2 rings (SSSR count). The smallest absolute Gasteiger partial charge is 0.173 e. The van der Waals surface area contributed by atoms with E-state index >= 15 is 0 Å². The van der Waals surface area contributed by atoms with Crippen LogP contribution in [0.1, 0.15) is 27.6 Å². The first kappa shape index (κ1) is 14.0. The molecule has 0 bridgehead atoms. The summed E-state index contributed by atoms with van der Waals surface area (Å²) in [5, 5.41) is 0. The van der Waals surface area contributed by atoms with Crippen molar-refractivity contribution in [2.75, 3.05) is 7.11 Å². The van der Waals surface area contributed by atoms with Gasteiger partial charge in [-0.15, -0.1) is 0 Å². The number of Topliss-reactive ketones (excluding diaryl/α,β-unsaturated/α-hetero) is 2. The van der Waals surface area contributed by atoms with E-state index in [0.29, 0.717) is 16.9 Å². The maximum absolute atomic E-state index is 12.3. The van der Waals surface area contributed by atoms with Crippen molar-refractivity contribution in [2.45, 2.75) is 6.92 Å². The predicted octanol–water partition coefficient (Wildman–Crippen LogP) is 3.40. The van der Waals surface area contributed by atoms with Crippen LogP contribution in [0.25, 0.3) is 0 Å². The Morgan fingerprint density at radius 2 is 1.35 bits per heavy atom. The molecule has 0 aliphatic rings. The van der Waals surface area contributed by atoms with Crippen LogP contribution >= 0.6 is 0 Å². The van der Waals surface area contributed by atoms with Crippen molar-refractivity contribution >= 4 is 11.6 Å². The molecular formula is C17H16O3. The molecule has 20 heavy (non-hydrogen) atoms. The number of hydrogen-bond donors (Lipinski definition) is 0. The maximum Gasteiger partial charge on any atom is 0.173 e. The van der Waals surface area contributed by atoms with Crippen molar-refractivity contribution in [2.24, 2.45) is 5.92 Å². The highest BCUT2D eigenvalue weighted by atomic mass is 16.5. The number of hydrogen-bond acceptors (Lipinski definition) is 3. The third-order valence-corrected chi connectivity index (χ3v) is 3.22. The van der Waals surface area contributed by atoms with Gasteiger partial charge in [0, 0.05) is 11.1 Å². The zero-order valence-electron chi connectivity index (χ0n) is 11.5. The fourth-order valence-corrected chi connectivity index (χ4v) is 1.98. The zero-order chi connectivity index (χ0) is 14.5. The highest BCUT2D eigenvalue weighted by Crippen LogP contribution is 2.17. The third kappa shape index (κ3) is 2.94. The molecule has 0 aliphatic heterocycles. The second-order valence-electron chi connectivity index (χ2n) is 4.54. The summed E-state index contributed by atoms with van der Waals surface area (Å²) in [5.41, 5.74) is 1.07. The molecule has 0 aliphatic carbocycles. The highest BCUT2D eigenvalue weighted by Gasteiger charge is 2.23. The van der Waals surface area contributed by atoms with E-state index in [9.17, 15) is 9.59 Å². The second-order valence-corrected chi connectivity index (χ2v) is 4.54. The molecular weight excluding hydrogens is 252 g/mol. The lowest BCUT2D eigenvalue weighted by molar-refractivity contribution is 0.0821. The van der Waals surface area contributed by atoms with Crippen LogP contribution in [-0.4, -0.2) is 18.7 Å². The minimum absolute atomic E-state index is 0.161. The summed E-state index contributed by atoms with van der Waals surface area (Å²) < 4.78 is 5.05. The Bertz CT molecular complexity index is 600. The van der Waals surface area contributed by atoms with Crippen LogP contribution in [0.3, 0.4) is 0 Å². The first-order valence-corrected chi connectivity index (χ1v) is 6.41. The summed E-state index contributed by atoms with van der Waals surface area (Å²) in [6.45, 7) is 1.64. The average Bonchev–Trinajstić information content (AvgIpc) is 2.53. The van der Waals surface area contributed by atoms with Gasteiger partial charge in [0.2, 0.25) is 0 Å². The second kappa shape index (κ2) is 6.15. The maximum atomic E-state index is 12.3. The molecule has 2 aromatic rings. The molecule has 102 valence electrons. The minimum Gasteiger partial charge on any atom is -0.497 e. The molecule has 0 aromatic heterocycles. The van der Waals surface area contributed by atoms with E-state index in [2.05, 4.69) is 0 Å². The summed E-state index contributed by atoms with van der Waals surface area (Å²) in [5.74, 6) is -0.345. The molecule has 3 nitrogen and oxygen atoms in total. The van der Waals surface area contributed by atoms with E-state index in [0.717, 1.165) is 0 Å². The van der Waals surface area contributed by atoms with Gasteiger partial charge in [-0.2, -0.15) is 0 Å². The molecule has 0 radical (unpaired) electrons. The van der Waals surface area contributed by atoms with Crippen molar-refractivity contribution in [1.29, 1.82) is 0 Å². The van der Waals surface area contributed by atoms with E-state index in [1.807, 2.05) is 6.07 Å². The Labute approximate surface area is 118 Å². The van der Waals surface area contributed by atoms with Crippen molar-refractivity contribution in [1.82, 2.24) is 0 Å². The van der Waals surface area contributed by atoms with Gasteiger partial charge in [0.05, 0.1) is 13.0 Å². The number of rotatable bonds is 5. The topological polar surface area (TPSA) is 43.4 Å². The monoisotopic (exact) mass is 268 g/mol. The summed E-state index contributed by atoms with van der Waals surface area (Å²) in [7, 11) is 1.57. The van der Waals surface area contributed by atoms with Gasteiger partial charge < -0.3 is 4.74 Å². The average molecular weight is 268 g/mol. The number of methoxy groups -OCH3 is 1. The molecule has 0 spiro atoms. The van der Waals surface area contributed by atoms with E-state index in [1.54, 1.807) is 62.6 Å². The molecule has 0 saturated carbocycles. The number of ketones is 2. The van der Waals surface area contributed by atoms with Crippen LogP contribution in [0.2, 0.25) is 0 Å². The summed E-state index contributed by atoms with van der Waals surface area (Å²) in [6, 6.07) is 15.6. The molecule has 3 heteroatoms. The normalized spacial score (nSPS) is 11.7. The Hall–Kier alpha value is -2.42. The number of carbonyl (C=O) groups is 2. The first-order chi connectivity index (χ1) is 9.63. The van der Waals surface area contributed by atoms with Gasteiger partial charge in [-0.1, -0.05) is 30.3 Å². The highest BCUT2D eigenvalue weighted by molar-refractivity contribution is 6.15. The van der Waals surface area contributed by atoms with Crippen LogP contribution < -0.4 is 4.74 Å². The predicted molar refractivity (Wildman–Crippen MR) is 77.3 cm³/mol. The van der Waals surface area contributed by atoms with Crippen LogP contribution in [-0.2, 0) is 0 Å². The van der Waals surface area contributed by atoms with Crippen LogP contribution in [0.4, 0.5) is 0 Å². The fraction of sp³-hybridized carbons (Fsp3) is 0.176. The number of ether oxygens (including phenoxy) is 1. The lowest BCUT2D eigenvalue weighted by atomic mass is 9.91. The SMILES string of the molecule is COc1ccc(C(=O)C(C)C(=O)c2ccccc2)cc1. The molecule has 0 heterocycles. The van der Waals surface area contributed by atoms with Gasteiger partial charge in [0.1, 0.15) is 5.75 Å². The Balaban J connectivity index is 2.17. The summed E-state index contributed by atoms with van der Waals surface area (Å²) in [4.78, 5) is 24.5. The van der Waals surface area contributed by atoms with Crippen molar-refractivity contribution in [3.63, 3.8) is 0 Å². The van der Waals surface area contributed by atoms with E-state index in [4.69, 9.17) is 4.74 Å². The lowest BCUT2D eigenvalue weighted by Gasteiger charge is -2.10. The van der Waals surface area contributed by atoms with Crippen LogP contribution in [0, 0.1) is 5.92 Å². The third-order valence-electron chi connectivity index (χ3n) is 3.22. The fourth-order valence-electron chi connectivity index (χ4n) is 1.98. The van der Waals surface area contributed by atoms with Crippen LogP contribution in [0.5, 0.6) is 5.75 Å². The van der Waals surface area contributed by atoms with Crippen molar-refractivity contribution in [3.05, 3.63) is 65.7 Å². The van der Waals surface area contributed by atoms with Gasteiger partial charge >= 0.3 is 0 Å². The van der Waals surface area contributed by atoms with Gasteiger partial charge in [-0.05, 0) is 31.2 Å². The molecule has 1 unspecified atom stereocenters. The van der Waals surface area contributed by atoms with Gasteiger partial charge in [0.25, 0.3) is 0 Å². The summed E-state index contributed by atoms with van der Waals surface area (Å²) >= 11 is 0. The minimum atomic E-state index is -0.689. The van der Waals surface area contributed by atoms with E-state index in [1.165, 1.54) is 0 Å². The van der Waals surface area contributed by atoms with Gasteiger partial charge in [0.15, 0.2) is 11.6 Å². The Morgan fingerprint density at radius 1 is 0.850 bits per heavy atom. The van der Waals surface area contributed by atoms with E-state index in [-0.39, 0.29) is 11.6 Å². The van der Waals surface area contributed by atoms with Crippen LogP contribution in [0.15, 0.2) is 54.6 Å². The molecule has 0 saturated heterocycles. The Morgan fingerprint density at radius 3 is 1.85 bits per heavy atom. The first-order valence-electron chi connectivity index (χ1n) is 6.41. The number of carbonyl (C=O) groups excluding carboxylic acids is 2. The molecule has 1 atom stereocenters. The van der Waals surface area contributed by atoms with Gasteiger partial charge in [-0.3, -0.25) is 9.59 Å². The van der Waals surface area contributed by atoms with Crippen molar-refractivity contribution < 1.29 is 14.3 Å². The standard InChI is InChI=1S/C17H16O3/c1-12(16(18)13-6-4-3-5-7-13)17(19)14-8-10-15(20-2)11-9-14/h3-12H,1-2H3. The molecule has 0 amide bonds. The molecule has 2 aromatic carbocycles. The van der Waals surface area contributed by atoms with E-state index < -0.39 is 5.92 Å². The molecule has 0 fully saturated rings. The molecule has 0 N–H and O–H groups in total. The zero-order valence-corrected chi connectivity index (χ0v) is 11.5. The quantitative estimate of drug-likeness (QED) is 0.616. The van der Waals surface area contributed by atoms with Gasteiger partial charge in [-0.25, -0.2) is 0 Å². The summed E-state index contributed by atoms with van der Waals surface area (Å²) in [6.07, 6.45) is 0. The van der Waals surface area contributed by atoms with Crippen molar-refractivity contribution in [3.8, 4) is 5.75 Å². The Kier molecular flexibility index (Phi) is 4.31. The number of benzene rings is 2.